The fraction of sp³-hybridized carbons (Fsp3) is 0.222. The second kappa shape index (κ2) is 10.9. The Labute approximate surface area is 218 Å². The molecular weight excluding hydrogens is 510 g/mol. The lowest BCUT2D eigenvalue weighted by molar-refractivity contribution is -0.617. The summed E-state index contributed by atoms with van der Waals surface area (Å²) < 4.78 is 30.3. The molecule has 1 heterocycles. The van der Waals surface area contributed by atoms with Crippen molar-refractivity contribution in [3.8, 4) is 0 Å². The molecule has 1 amide bonds. The molecule has 0 saturated carbocycles. The number of nitrogens with zero attached hydrogens (tertiary/aromatic N) is 3. The molecule has 196 valence electrons. The number of carboxylic acid groups (broad SMARTS) is 1. The van der Waals surface area contributed by atoms with Crippen LogP contribution >= 0.6 is 0 Å². The number of carbonyl (C=O) groups excluding carboxylic acids is 1. The highest BCUT2D eigenvalue weighted by molar-refractivity contribution is 7.89. The Morgan fingerprint density at radius 1 is 0.895 bits per heavy atom. The van der Waals surface area contributed by atoms with Gasteiger partial charge in [-0.2, -0.15) is 4.57 Å². The maximum Gasteiger partial charge on any atom is 0.303 e. The van der Waals surface area contributed by atoms with Crippen LogP contribution in [0.5, 0.6) is 0 Å². The number of hydrogen-bond donors (Lipinski definition) is 1. The summed E-state index contributed by atoms with van der Waals surface area (Å²) in [5.41, 5.74) is 1.43. The number of aromatic nitrogens is 1. The lowest BCUT2D eigenvalue weighted by atomic mass is 10.0. The third-order valence-corrected chi connectivity index (χ3v) is 8.19. The number of rotatable bonds is 10. The van der Waals surface area contributed by atoms with Crippen LogP contribution in [-0.2, 0) is 21.9 Å². The van der Waals surface area contributed by atoms with E-state index in [1.54, 1.807) is 24.3 Å². The van der Waals surface area contributed by atoms with Crippen LogP contribution in [0.3, 0.4) is 0 Å². The van der Waals surface area contributed by atoms with E-state index in [4.69, 9.17) is 5.11 Å². The van der Waals surface area contributed by atoms with E-state index in [1.807, 2.05) is 35.9 Å². The number of aliphatic carboxylic acids is 1. The molecule has 11 heteroatoms. The Hall–Kier alpha value is -4.38. The summed E-state index contributed by atoms with van der Waals surface area (Å²) >= 11 is 0. The van der Waals surface area contributed by atoms with Crippen LogP contribution in [0.2, 0.25) is 0 Å². The maximum absolute atomic E-state index is 14.2. The maximum atomic E-state index is 14.2. The van der Waals surface area contributed by atoms with Crippen molar-refractivity contribution in [3.05, 3.63) is 88.5 Å². The monoisotopic (exact) mass is 536 g/mol. The highest BCUT2D eigenvalue weighted by atomic mass is 32.2. The molecule has 0 aliphatic rings. The molecule has 0 fully saturated rings. The van der Waals surface area contributed by atoms with Crippen molar-refractivity contribution in [2.45, 2.75) is 30.6 Å². The molecule has 0 bridgehead atoms. The van der Waals surface area contributed by atoms with Gasteiger partial charge in [-0.3, -0.25) is 19.7 Å². The molecule has 4 rings (SSSR count). The third-order valence-electron chi connectivity index (χ3n) is 6.40. The first kappa shape index (κ1) is 26.7. The highest BCUT2D eigenvalue weighted by Gasteiger charge is 2.33. The lowest BCUT2D eigenvalue weighted by Crippen LogP contribution is -2.39. The minimum absolute atomic E-state index is 0.0620. The van der Waals surface area contributed by atoms with Gasteiger partial charge in [0.05, 0.1) is 26.2 Å². The number of carboxylic acids is 1. The molecule has 0 radical (unpaired) electrons. The first-order chi connectivity index (χ1) is 18.1. The molecule has 3 aromatic carbocycles. The number of benzene rings is 3. The quantitative estimate of drug-likeness (QED) is 0.105. The topological polar surface area (TPSA) is 139 Å². The summed E-state index contributed by atoms with van der Waals surface area (Å²) in [5, 5.41) is 21.1. The number of nitro benzene ring substituents is 1. The number of amides is 1. The summed E-state index contributed by atoms with van der Waals surface area (Å²) in [6, 6.07) is 18.8. The molecule has 0 aliphatic carbocycles. The molecule has 0 atom stereocenters. The molecule has 1 aromatic heterocycles. The van der Waals surface area contributed by atoms with Gasteiger partial charge in [0.25, 0.3) is 21.6 Å². The van der Waals surface area contributed by atoms with Gasteiger partial charge in [-0.1, -0.05) is 30.7 Å². The number of fused-ring (bicyclic) bond motifs is 2. The lowest BCUT2D eigenvalue weighted by Gasteiger charge is -2.24. The number of pyridine rings is 1. The predicted molar refractivity (Wildman–Crippen MR) is 140 cm³/mol. The van der Waals surface area contributed by atoms with Crippen molar-refractivity contribution in [2.24, 2.45) is 7.05 Å². The van der Waals surface area contributed by atoms with E-state index < -0.39 is 26.8 Å². The SMILES string of the molecule is C[n+]1c2ccccc2c(C(=O)N(CCCCCC(=O)O)S(=O)(=O)c2ccc([N+](=O)[O-])cc2)c2ccccc21. The van der Waals surface area contributed by atoms with Crippen molar-refractivity contribution < 1.29 is 32.6 Å². The van der Waals surface area contributed by atoms with Crippen LogP contribution in [0.25, 0.3) is 21.8 Å². The zero-order chi connectivity index (χ0) is 27.4. The van der Waals surface area contributed by atoms with Gasteiger partial charge in [0.2, 0.25) is 11.0 Å². The minimum atomic E-state index is -4.40. The Morgan fingerprint density at radius 2 is 1.45 bits per heavy atom. The van der Waals surface area contributed by atoms with Crippen molar-refractivity contribution in [3.63, 3.8) is 0 Å². The Balaban J connectivity index is 1.84. The Bertz CT molecular complexity index is 1590. The molecule has 4 aromatic rings. The van der Waals surface area contributed by atoms with Crippen LogP contribution < -0.4 is 4.57 Å². The van der Waals surface area contributed by atoms with E-state index in [1.165, 1.54) is 0 Å². The number of hydrogen-bond acceptors (Lipinski definition) is 6. The molecule has 10 nitrogen and oxygen atoms in total. The van der Waals surface area contributed by atoms with Crippen molar-refractivity contribution >= 4 is 49.4 Å². The first-order valence-electron chi connectivity index (χ1n) is 12.0. The summed E-state index contributed by atoms with van der Waals surface area (Å²) in [6.07, 6.45) is 0.925. The number of carbonyl (C=O) groups is 2. The number of non-ortho nitro benzene ring substituents is 1. The summed E-state index contributed by atoms with van der Waals surface area (Å²) in [6.45, 7) is -0.179. The average molecular weight is 537 g/mol. The van der Waals surface area contributed by atoms with Crippen LogP contribution in [0.1, 0.15) is 36.0 Å². The number of unbranched alkanes of at least 4 members (excludes halogenated alkanes) is 2. The largest absolute Gasteiger partial charge is 0.481 e. The van der Waals surface area contributed by atoms with Gasteiger partial charge in [0.15, 0.2) is 0 Å². The molecule has 0 aliphatic heterocycles. The number of sulfonamides is 1. The standard InChI is InChI=1S/C27H25N3O7S/c1-28-23-11-6-4-9-21(23)26(22-10-5-7-12-24(22)28)27(33)29(18-8-2-3-13-25(31)32)38(36,37)20-16-14-19(15-17-20)30(34)35/h4-7,9-12,14-17H,2-3,8,13,18H2,1H3/p+1. The molecular formula is C27H26N3O7S+. The average Bonchev–Trinajstić information content (AvgIpc) is 2.90. The number of para-hydroxylation sites is 2. The van der Waals surface area contributed by atoms with Gasteiger partial charge in [-0.05, 0) is 37.1 Å². The first-order valence-corrected chi connectivity index (χ1v) is 13.4. The van der Waals surface area contributed by atoms with Gasteiger partial charge in [-0.15, -0.1) is 0 Å². The van der Waals surface area contributed by atoms with E-state index in [-0.39, 0.29) is 35.5 Å². The second-order valence-electron chi connectivity index (χ2n) is 8.81. The van der Waals surface area contributed by atoms with E-state index in [0.29, 0.717) is 23.6 Å². The van der Waals surface area contributed by atoms with Crippen molar-refractivity contribution in [1.29, 1.82) is 0 Å². The van der Waals surface area contributed by atoms with Crippen LogP contribution in [0, 0.1) is 10.1 Å². The normalized spacial score (nSPS) is 11.5. The third kappa shape index (κ3) is 5.18. The molecule has 0 unspecified atom stereocenters. The molecule has 0 saturated heterocycles. The number of aryl methyl sites for hydroxylation is 1. The van der Waals surface area contributed by atoms with E-state index in [0.717, 1.165) is 39.6 Å². The minimum Gasteiger partial charge on any atom is -0.481 e. The zero-order valence-corrected chi connectivity index (χ0v) is 21.4. The van der Waals surface area contributed by atoms with Gasteiger partial charge in [0, 0.05) is 37.2 Å². The fourth-order valence-corrected chi connectivity index (χ4v) is 5.90. The summed E-state index contributed by atoms with van der Waals surface area (Å²) in [5.74, 6) is -1.68. The summed E-state index contributed by atoms with van der Waals surface area (Å²) in [4.78, 5) is 35.2. The smallest absolute Gasteiger partial charge is 0.303 e. The van der Waals surface area contributed by atoms with Gasteiger partial charge >= 0.3 is 5.97 Å². The van der Waals surface area contributed by atoms with Gasteiger partial charge in [-0.25, -0.2) is 12.7 Å². The van der Waals surface area contributed by atoms with Crippen molar-refractivity contribution in [1.82, 2.24) is 4.31 Å². The second-order valence-corrected chi connectivity index (χ2v) is 10.7. The van der Waals surface area contributed by atoms with Crippen LogP contribution in [-0.4, -0.2) is 41.2 Å². The van der Waals surface area contributed by atoms with Gasteiger partial charge < -0.3 is 5.11 Å². The zero-order valence-electron chi connectivity index (χ0n) is 20.6. The summed E-state index contributed by atoms with van der Waals surface area (Å²) in [7, 11) is -2.54. The molecule has 38 heavy (non-hydrogen) atoms. The molecule has 1 N–H and O–H groups in total. The van der Waals surface area contributed by atoms with Crippen LogP contribution in [0.4, 0.5) is 5.69 Å². The Kier molecular flexibility index (Phi) is 7.67. The molecule has 0 spiro atoms. The van der Waals surface area contributed by atoms with Gasteiger partial charge in [0.1, 0.15) is 7.05 Å². The highest BCUT2D eigenvalue weighted by Crippen LogP contribution is 2.29. The number of nitro groups is 1. The fourth-order valence-electron chi connectivity index (χ4n) is 4.49. The van der Waals surface area contributed by atoms with E-state index >= 15 is 0 Å². The predicted octanol–water partition coefficient (Wildman–Crippen LogP) is 4.20. The van der Waals surface area contributed by atoms with E-state index in [2.05, 4.69) is 0 Å². The van der Waals surface area contributed by atoms with E-state index in [9.17, 15) is 28.1 Å². The van der Waals surface area contributed by atoms with Crippen molar-refractivity contribution in [2.75, 3.05) is 6.54 Å². The van der Waals surface area contributed by atoms with Crippen LogP contribution in [0.15, 0.2) is 77.7 Å². The Morgan fingerprint density at radius 3 is 1.97 bits per heavy atom.